The molecule has 0 aliphatic carbocycles. The van der Waals surface area contributed by atoms with Gasteiger partial charge in [0.25, 0.3) is 0 Å². The van der Waals surface area contributed by atoms with E-state index in [0.717, 1.165) is 122 Å². The van der Waals surface area contributed by atoms with E-state index in [1.165, 1.54) is 5.39 Å². The first-order valence-corrected chi connectivity index (χ1v) is 23.1. The minimum absolute atomic E-state index is 0. The Balaban J connectivity index is 0.00000505. The molecule has 0 fully saturated rings. The Labute approximate surface area is 419 Å². The van der Waals surface area contributed by atoms with Crippen LogP contribution in [0, 0.1) is 18.2 Å². The van der Waals surface area contributed by atoms with Crippen LogP contribution in [0.5, 0.6) is 0 Å². The summed E-state index contributed by atoms with van der Waals surface area (Å²) in [7, 11) is 0. The van der Waals surface area contributed by atoms with Gasteiger partial charge >= 0.3 is 20.1 Å². The Morgan fingerprint density at radius 3 is 1.30 bits per heavy atom. The van der Waals surface area contributed by atoms with Gasteiger partial charge in [0.1, 0.15) is 0 Å². The molecule has 0 amide bonds. The monoisotopic (exact) mass is 1070 g/mol. The normalized spacial score (nSPS) is 11.3. The van der Waals surface area contributed by atoms with Gasteiger partial charge in [0.05, 0.1) is 0 Å². The maximum atomic E-state index is 5.25. The van der Waals surface area contributed by atoms with Crippen LogP contribution in [0.4, 0.5) is 0 Å². The van der Waals surface area contributed by atoms with Crippen molar-refractivity contribution < 1.29 is 20.1 Å². The number of hydrogen-bond donors (Lipinski definition) is 0. The quantitative estimate of drug-likeness (QED) is 0.112. The number of aromatic nitrogens is 4. The molecule has 0 aliphatic heterocycles. The Morgan fingerprint density at radius 1 is 0.329 bits per heavy atom. The first kappa shape index (κ1) is 42.7. The van der Waals surface area contributed by atoms with E-state index in [9.17, 15) is 0 Å². The first-order chi connectivity index (χ1) is 34.2. The van der Waals surface area contributed by atoms with Crippen LogP contribution >= 0.6 is 0 Å². The molecule has 5 heterocycles. The van der Waals surface area contributed by atoms with Gasteiger partial charge in [-0.1, -0.05) is 121 Å². The molecule has 13 rings (SSSR count). The largest absolute Gasteiger partial charge is 3.00 e. The van der Waals surface area contributed by atoms with Crippen molar-refractivity contribution in [3.63, 3.8) is 0 Å². The molecule has 5 heteroatoms. The Morgan fingerprint density at radius 2 is 0.786 bits per heavy atom. The minimum atomic E-state index is 0. The molecule has 0 spiro atoms. The van der Waals surface area contributed by atoms with Crippen LogP contribution in [0.25, 0.3) is 128 Å². The second-order valence-electron chi connectivity index (χ2n) is 17.3. The SMILES string of the molecule is [Ir+3].[c-]1ccccc1-c1ccc(-c2ccccc2-c2cc(-c3ccccc3-c3ccc(-c4[c-]cccc4)nc3)cc(-c3ccccc3-c3cnc4c5[c-]cccc5n5c6ccccc6cc5c4c3)c2)cn1. The second kappa shape index (κ2) is 18.1. The van der Waals surface area contributed by atoms with E-state index < -0.39 is 0 Å². The molecule has 0 radical (unpaired) electrons. The maximum absolute atomic E-state index is 5.25. The number of para-hydroxylation sites is 1. The van der Waals surface area contributed by atoms with Crippen molar-refractivity contribution in [3.8, 4) is 89.3 Å². The number of fused-ring (bicyclic) bond motifs is 8. The molecule has 0 bridgehead atoms. The molecule has 0 unspecified atom stereocenters. The van der Waals surface area contributed by atoms with Crippen molar-refractivity contribution >= 4 is 38.2 Å². The number of benzene rings is 8. The van der Waals surface area contributed by atoms with Crippen molar-refractivity contribution in [2.75, 3.05) is 0 Å². The van der Waals surface area contributed by atoms with Gasteiger partial charge in [-0.15, -0.1) is 101 Å². The Hall–Kier alpha value is -8.60. The molecule has 0 atom stereocenters. The molecular formula is C65H39IrN4. The van der Waals surface area contributed by atoms with Crippen LogP contribution in [0.2, 0.25) is 0 Å². The molecule has 0 saturated carbocycles. The third-order valence-electron chi connectivity index (χ3n) is 13.3. The van der Waals surface area contributed by atoms with E-state index in [4.69, 9.17) is 15.0 Å². The van der Waals surface area contributed by atoms with Crippen molar-refractivity contribution in [3.05, 3.63) is 255 Å². The van der Waals surface area contributed by atoms with Gasteiger partial charge in [-0.3, -0.25) is 0 Å². The van der Waals surface area contributed by atoms with Gasteiger partial charge in [-0.25, -0.2) is 0 Å². The fraction of sp³-hybridized carbons (Fsp3) is 0. The van der Waals surface area contributed by atoms with E-state index in [0.29, 0.717) is 0 Å². The van der Waals surface area contributed by atoms with Crippen molar-refractivity contribution in [1.82, 2.24) is 19.4 Å². The van der Waals surface area contributed by atoms with Gasteiger partial charge in [0.2, 0.25) is 0 Å². The smallest absolute Gasteiger partial charge is 0.351 e. The van der Waals surface area contributed by atoms with E-state index in [1.54, 1.807) is 0 Å². The topological polar surface area (TPSA) is 43.1 Å². The molecule has 328 valence electrons. The average molecular weight is 1070 g/mol. The molecule has 0 N–H and O–H groups in total. The van der Waals surface area contributed by atoms with Crippen molar-refractivity contribution in [1.29, 1.82) is 0 Å². The summed E-state index contributed by atoms with van der Waals surface area (Å²) >= 11 is 0. The summed E-state index contributed by atoms with van der Waals surface area (Å²) in [6.07, 6.45) is 5.99. The van der Waals surface area contributed by atoms with Gasteiger partial charge in [-0.05, 0) is 130 Å². The van der Waals surface area contributed by atoms with E-state index in [1.807, 2.05) is 73.2 Å². The van der Waals surface area contributed by atoms with Crippen molar-refractivity contribution in [2.24, 2.45) is 0 Å². The van der Waals surface area contributed by atoms with Gasteiger partial charge < -0.3 is 19.4 Å². The van der Waals surface area contributed by atoms with E-state index >= 15 is 0 Å². The van der Waals surface area contributed by atoms with Crippen LogP contribution in [0.3, 0.4) is 0 Å². The summed E-state index contributed by atoms with van der Waals surface area (Å²) in [5, 5.41) is 3.27. The van der Waals surface area contributed by atoms with Crippen LogP contribution in [-0.4, -0.2) is 19.4 Å². The summed E-state index contributed by atoms with van der Waals surface area (Å²) in [6.45, 7) is 0. The standard InChI is InChI=1S/C65H39N4.Ir/c1-3-17-43(18-4-1)60-33-31-46(40-66-60)52-22-8-10-24-54(52)48-35-49(55-25-11-9-23-53(55)47-32-34-61(67-41-47)44-19-5-2-6-20-44)37-50(36-48)56-26-12-13-27-57(56)51-38-59-64-39-45-21-7-15-29-62(45)69(64)63-30-16-14-28-58(63)65(59)68-42-51;/h1-17,19,21-27,29-42H;/q-3;+3. The first-order valence-electron chi connectivity index (χ1n) is 23.1. The third kappa shape index (κ3) is 7.59. The molecule has 8 aromatic carbocycles. The minimum Gasteiger partial charge on any atom is -0.351 e. The summed E-state index contributed by atoms with van der Waals surface area (Å²) < 4.78 is 2.36. The molecule has 5 aromatic heterocycles. The molecular weight excluding hydrogens is 1030 g/mol. The fourth-order valence-corrected chi connectivity index (χ4v) is 10.0. The second-order valence-corrected chi connectivity index (χ2v) is 17.3. The summed E-state index contributed by atoms with van der Waals surface area (Å²) in [5.74, 6) is 0. The average Bonchev–Trinajstić information content (AvgIpc) is 3.84. The molecule has 70 heavy (non-hydrogen) atoms. The predicted molar refractivity (Wildman–Crippen MR) is 283 cm³/mol. The van der Waals surface area contributed by atoms with Crippen LogP contribution in [0.1, 0.15) is 0 Å². The zero-order valence-electron chi connectivity index (χ0n) is 37.6. The maximum Gasteiger partial charge on any atom is 3.00 e. The summed E-state index contributed by atoms with van der Waals surface area (Å²) in [6, 6.07) is 87.1. The zero-order valence-corrected chi connectivity index (χ0v) is 40.0. The molecule has 0 aliphatic rings. The zero-order chi connectivity index (χ0) is 45.7. The number of nitrogens with zero attached hydrogens (tertiary/aromatic N) is 4. The van der Waals surface area contributed by atoms with Gasteiger partial charge in [0, 0.05) is 29.6 Å². The molecule has 0 saturated heterocycles. The summed E-state index contributed by atoms with van der Waals surface area (Å²) in [4.78, 5) is 15.1. The summed E-state index contributed by atoms with van der Waals surface area (Å²) in [5.41, 5.74) is 21.0. The number of pyridine rings is 4. The van der Waals surface area contributed by atoms with Crippen LogP contribution in [-0.2, 0) is 20.1 Å². The Kier molecular flexibility index (Phi) is 11.1. The molecule has 4 nitrogen and oxygen atoms in total. The molecule has 13 aromatic rings. The number of hydrogen-bond acceptors (Lipinski definition) is 3. The Bertz CT molecular complexity index is 3910. The van der Waals surface area contributed by atoms with E-state index in [2.05, 4.69) is 186 Å². The van der Waals surface area contributed by atoms with Crippen LogP contribution in [0.15, 0.2) is 237 Å². The van der Waals surface area contributed by atoms with Crippen LogP contribution < -0.4 is 0 Å². The third-order valence-corrected chi connectivity index (χ3v) is 13.3. The number of rotatable bonds is 8. The van der Waals surface area contributed by atoms with Crippen molar-refractivity contribution in [2.45, 2.75) is 0 Å². The van der Waals surface area contributed by atoms with E-state index in [-0.39, 0.29) is 20.1 Å². The fourth-order valence-electron chi connectivity index (χ4n) is 10.0. The van der Waals surface area contributed by atoms with Gasteiger partial charge in [-0.2, -0.15) is 0 Å². The predicted octanol–water partition coefficient (Wildman–Crippen LogP) is 16.3. The van der Waals surface area contributed by atoms with Gasteiger partial charge in [0.15, 0.2) is 0 Å².